The fraction of sp³-hybridized carbons (Fsp3) is 0.652. The first-order valence-corrected chi connectivity index (χ1v) is 10.6. The summed E-state index contributed by atoms with van der Waals surface area (Å²) in [5.74, 6) is 0.372. The lowest BCUT2D eigenvalue weighted by molar-refractivity contribution is -0.143. The van der Waals surface area contributed by atoms with Crippen molar-refractivity contribution in [3.05, 3.63) is 35.9 Å². The first-order valence-electron chi connectivity index (χ1n) is 10.6. The molecule has 0 unspecified atom stereocenters. The highest BCUT2D eigenvalue weighted by Gasteiger charge is 2.64. The van der Waals surface area contributed by atoms with E-state index < -0.39 is 0 Å². The topological polar surface area (TPSA) is 43.9 Å². The standard InChI is InChI=1S/C23H33N3O2/c1-16(27)25-18(13-17-9-6-5-7-10-17)19-14-23(2)20(25)11-8-12-21(23)26(19)22(28)15-24(3)4/h5-7,9-10,18-21H,8,11-15H2,1-4H3/t18-,19-,20+,21-,23+/m0/s1. The van der Waals surface area contributed by atoms with E-state index in [1.807, 2.05) is 25.1 Å². The third kappa shape index (κ3) is 3.04. The van der Waals surface area contributed by atoms with Crippen LogP contribution >= 0.6 is 0 Å². The number of carbonyl (C=O) groups excluding carboxylic acids is 2. The largest absolute Gasteiger partial charge is 0.334 e. The van der Waals surface area contributed by atoms with E-state index in [4.69, 9.17) is 0 Å². The number of likely N-dealkylation sites (N-methyl/N-ethyl adjacent to an activating group) is 1. The second kappa shape index (κ2) is 7.18. The summed E-state index contributed by atoms with van der Waals surface area (Å²) in [4.78, 5) is 32.4. The number of amides is 2. The molecule has 28 heavy (non-hydrogen) atoms. The van der Waals surface area contributed by atoms with Crippen LogP contribution in [-0.2, 0) is 16.0 Å². The van der Waals surface area contributed by atoms with Gasteiger partial charge >= 0.3 is 0 Å². The van der Waals surface area contributed by atoms with Gasteiger partial charge in [0.25, 0.3) is 0 Å². The zero-order valence-corrected chi connectivity index (χ0v) is 17.6. The lowest BCUT2D eigenvalue weighted by Gasteiger charge is -2.52. The average molecular weight is 384 g/mol. The van der Waals surface area contributed by atoms with Crippen molar-refractivity contribution >= 4 is 11.8 Å². The smallest absolute Gasteiger partial charge is 0.237 e. The molecule has 5 atom stereocenters. The Morgan fingerprint density at radius 1 is 1.11 bits per heavy atom. The monoisotopic (exact) mass is 383 g/mol. The Morgan fingerprint density at radius 3 is 2.36 bits per heavy atom. The van der Waals surface area contributed by atoms with E-state index in [1.54, 1.807) is 6.92 Å². The summed E-state index contributed by atoms with van der Waals surface area (Å²) in [7, 11) is 3.91. The lowest BCUT2D eigenvalue weighted by Crippen LogP contribution is -2.62. The Balaban J connectivity index is 1.75. The van der Waals surface area contributed by atoms with Gasteiger partial charge in [0, 0.05) is 24.4 Å². The first-order chi connectivity index (χ1) is 13.3. The van der Waals surface area contributed by atoms with Crippen LogP contribution in [0.1, 0.15) is 45.1 Å². The molecule has 0 aromatic heterocycles. The molecule has 1 aromatic rings. The molecule has 2 aliphatic heterocycles. The van der Waals surface area contributed by atoms with Crippen molar-refractivity contribution in [2.24, 2.45) is 5.41 Å². The summed E-state index contributed by atoms with van der Waals surface area (Å²) in [5, 5.41) is 0. The van der Waals surface area contributed by atoms with Crippen LogP contribution in [0, 0.1) is 5.41 Å². The van der Waals surface area contributed by atoms with Crippen LogP contribution < -0.4 is 0 Å². The third-order valence-corrected chi connectivity index (χ3v) is 7.35. The van der Waals surface area contributed by atoms with Crippen LogP contribution in [0.4, 0.5) is 0 Å². The van der Waals surface area contributed by atoms with Gasteiger partial charge in [-0.3, -0.25) is 9.59 Å². The quantitative estimate of drug-likeness (QED) is 0.803. The van der Waals surface area contributed by atoms with Gasteiger partial charge in [-0.1, -0.05) is 37.3 Å². The highest BCUT2D eigenvalue weighted by Crippen LogP contribution is 2.56. The van der Waals surface area contributed by atoms with E-state index in [1.165, 1.54) is 5.56 Å². The van der Waals surface area contributed by atoms with Gasteiger partial charge in [-0.2, -0.15) is 0 Å². The van der Waals surface area contributed by atoms with E-state index >= 15 is 0 Å². The SMILES string of the molecule is CC(=O)N1[C@@H](Cc2ccccc2)[C@@H]2C[C@@]3(C)[C@H](CCC[C@@H]13)N2C(=O)CN(C)C. The Hall–Kier alpha value is -1.88. The molecule has 152 valence electrons. The van der Waals surface area contributed by atoms with Gasteiger partial charge in [-0.25, -0.2) is 0 Å². The van der Waals surface area contributed by atoms with Crippen LogP contribution in [0.15, 0.2) is 30.3 Å². The van der Waals surface area contributed by atoms with Gasteiger partial charge in [0.05, 0.1) is 18.6 Å². The van der Waals surface area contributed by atoms with Crippen molar-refractivity contribution in [2.45, 2.75) is 70.1 Å². The summed E-state index contributed by atoms with van der Waals surface area (Å²) in [5.41, 5.74) is 1.26. The maximum atomic E-state index is 13.3. The van der Waals surface area contributed by atoms with Crippen LogP contribution in [0.5, 0.6) is 0 Å². The normalized spacial score (nSPS) is 34.0. The van der Waals surface area contributed by atoms with Crippen LogP contribution in [0.25, 0.3) is 0 Å². The Morgan fingerprint density at radius 2 is 1.75 bits per heavy atom. The molecule has 3 fully saturated rings. The summed E-state index contributed by atoms with van der Waals surface area (Å²) in [6.45, 7) is 4.47. The molecule has 5 heteroatoms. The number of hydrogen-bond donors (Lipinski definition) is 0. The third-order valence-electron chi connectivity index (χ3n) is 7.35. The number of likely N-dealkylation sites (tertiary alicyclic amines) is 2. The number of fused-ring (bicyclic) bond motifs is 1. The molecule has 3 aliphatic rings. The fourth-order valence-corrected chi connectivity index (χ4v) is 6.34. The maximum absolute atomic E-state index is 13.3. The molecular weight excluding hydrogens is 350 g/mol. The molecule has 2 amide bonds. The van der Waals surface area contributed by atoms with E-state index in [2.05, 4.69) is 41.0 Å². The minimum atomic E-state index is 0.0176. The second-order valence-electron chi connectivity index (χ2n) is 9.46. The van der Waals surface area contributed by atoms with Crippen molar-refractivity contribution < 1.29 is 9.59 Å². The number of hydrogen-bond acceptors (Lipinski definition) is 3. The van der Waals surface area contributed by atoms with E-state index in [9.17, 15) is 9.59 Å². The molecule has 0 spiro atoms. The summed E-state index contributed by atoms with van der Waals surface area (Å²) >= 11 is 0. The van der Waals surface area contributed by atoms with E-state index in [0.717, 1.165) is 32.1 Å². The maximum Gasteiger partial charge on any atom is 0.237 e. The van der Waals surface area contributed by atoms with Crippen LogP contribution in [-0.4, -0.2) is 71.3 Å². The summed E-state index contributed by atoms with van der Waals surface area (Å²) in [6.07, 6.45) is 5.04. The Labute approximate surface area is 168 Å². The molecule has 2 bridgehead atoms. The highest BCUT2D eigenvalue weighted by molar-refractivity contribution is 5.81. The Bertz CT molecular complexity index is 749. The van der Waals surface area contributed by atoms with Crippen LogP contribution in [0.2, 0.25) is 0 Å². The number of benzene rings is 1. The molecule has 1 aromatic carbocycles. The van der Waals surface area contributed by atoms with Gasteiger partial charge in [0.15, 0.2) is 0 Å². The van der Waals surface area contributed by atoms with Crippen molar-refractivity contribution in [3.8, 4) is 0 Å². The molecule has 0 N–H and O–H groups in total. The average Bonchev–Trinajstić information content (AvgIpc) is 2.94. The molecule has 0 radical (unpaired) electrons. The zero-order valence-electron chi connectivity index (χ0n) is 17.6. The molecule has 2 heterocycles. The minimum absolute atomic E-state index is 0.0176. The molecule has 4 rings (SSSR count). The second-order valence-corrected chi connectivity index (χ2v) is 9.46. The van der Waals surface area contributed by atoms with Gasteiger partial charge < -0.3 is 14.7 Å². The molecule has 2 saturated heterocycles. The molecule has 5 nitrogen and oxygen atoms in total. The Kier molecular flexibility index (Phi) is 4.98. The summed E-state index contributed by atoms with van der Waals surface area (Å²) in [6, 6.07) is 11.1. The number of piperidine rings is 1. The molecular formula is C23H33N3O2. The number of carbonyl (C=O) groups is 2. The predicted molar refractivity (Wildman–Crippen MR) is 110 cm³/mol. The van der Waals surface area contributed by atoms with Crippen molar-refractivity contribution in [1.82, 2.24) is 14.7 Å². The summed E-state index contributed by atoms with van der Waals surface area (Å²) < 4.78 is 0. The van der Waals surface area contributed by atoms with E-state index in [0.29, 0.717) is 6.54 Å². The zero-order chi connectivity index (χ0) is 20.1. The van der Waals surface area contributed by atoms with Crippen molar-refractivity contribution in [3.63, 3.8) is 0 Å². The van der Waals surface area contributed by atoms with Gasteiger partial charge in [0.1, 0.15) is 0 Å². The van der Waals surface area contributed by atoms with E-state index in [-0.39, 0.29) is 41.4 Å². The van der Waals surface area contributed by atoms with Gasteiger partial charge in [-0.05, 0) is 51.8 Å². The van der Waals surface area contributed by atoms with Crippen LogP contribution in [0.3, 0.4) is 0 Å². The minimum Gasteiger partial charge on any atom is -0.334 e. The number of rotatable bonds is 4. The van der Waals surface area contributed by atoms with Crippen molar-refractivity contribution in [2.75, 3.05) is 20.6 Å². The first kappa shape index (κ1) is 19.4. The predicted octanol–water partition coefficient (Wildman–Crippen LogP) is 2.55. The van der Waals surface area contributed by atoms with Gasteiger partial charge in [-0.15, -0.1) is 0 Å². The van der Waals surface area contributed by atoms with Gasteiger partial charge in [0.2, 0.25) is 11.8 Å². The fourth-order valence-electron chi connectivity index (χ4n) is 6.34. The van der Waals surface area contributed by atoms with Crippen molar-refractivity contribution in [1.29, 1.82) is 0 Å². The number of nitrogens with zero attached hydrogens (tertiary/aromatic N) is 3. The highest BCUT2D eigenvalue weighted by atomic mass is 16.2. The molecule has 1 aliphatic carbocycles. The lowest BCUT2D eigenvalue weighted by atomic mass is 9.64. The molecule has 1 saturated carbocycles.